The van der Waals surface area contributed by atoms with E-state index in [1.807, 2.05) is 0 Å². The summed E-state index contributed by atoms with van der Waals surface area (Å²) >= 11 is 0. The molecular formula is C5H8F2O4. The zero-order valence-electron chi connectivity index (χ0n) is 5.44. The number of carbonyl (C=O) groups excluding carboxylic acids is 1. The first-order chi connectivity index (χ1) is 5.00. The molecule has 4 nitrogen and oxygen atoms in total. The molecule has 0 rings (SSSR count). The highest BCUT2D eigenvalue weighted by Gasteiger charge is 2.29. The number of rotatable bonds is 4. The van der Waals surface area contributed by atoms with Gasteiger partial charge in [-0.3, -0.25) is 4.79 Å². The molecule has 0 aromatic heterocycles. The Bertz CT molecular complexity index is 138. The van der Waals surface area contributed by atoms with E-state index in [1.54, 1.807) is 0 Å². The molecule has 0 saturated heterocycles. The first kappa shape index (κ1) is 10.4. The summed E-state index contributed by atoms with van der Waals surface area (Å²) in [4.78, 5) is 10.2. The second-order valence-corrected chi connectivity index (χ2v) is 1.90. The van der Waals surface area contributed by atoms with Crippen molar-refractivity contribution in [3.05, 3.63) is 0 Å². The predicted molar refractivity (Wildman–Crippen MR) is 30.1 cm³/mol. The zero-order chi connectivity index (χ0) is 9.02. The molecule has 0 saturated carbocycles. The van der Waals surface area contributed by atoms with Gasteiger partial charge < -0.3 is 15.3 Å². The van der Waals surface area contributed by atoms with E-state index in [9.17, 15) is 13.6 Å². The summed E-state index contributed by atoms with van der Waals surface area (Å²) in [5.74, 6) is -1.79. The molecule has 0 radical (unpaired) electrons. The Balaban J connectivity index is 4.02. The average Bonchev–Trinajstić information content (AvgIpc) is 2.00. The number of Topliss-reactive ketones (excluding diaryl/α,β-unsaturated/α-hetero) is 1. The Hall–Kier alpha value is -0.590. The molecule has 0 heterocycles. The van der Waals surface area contributed by atoms with Gasteiger partial charge in [0.05, 0.1) is 6.61 Å². The quantitative estimate of drug-likeness (QED) is 0.481. The second-order valence-electron chi connectivity index (χ2n) is 1.90. The van der Waals surface area contributed by atoms with Crippen molar-refractivity contribution in [3.8, 4) is 0 Å². The molecule has 11 heavy (non-hydrogen) atoms. The Morgan fingerprint density at radius 1 is 1.36 bits per heavy atom. The minimum atomic E-state index is -3.33. The fourth-order valence-electron chi connectivity index (χ4n) is 0.419. The molecule has 3 N–H and O–H groups in total. The third kappa shape index (κ3) is 2.87. The second kappa shape index (κ2) is 4.32. The predicted octanol–water partition coefficient (Wildman–Crippen LogP) is -1.47. The van der Waals surface area contributed by atoms with Crippen LogP contribution in [0.1, 0.15) is 0 Å². The summed E-state index contributed by atoms with van der Waals surface area (Å²) in [6, 6.07) is 0. The summed E-state index contributed by atoms with van der Waals surface area (Å²) in [6.45, 7) is -0.931. The summed E-state index contributed by atoms with van der Waals surface area (Å²) < 4.78 is 22.9. The third-order valence-electron chi connectivity index (χ3n) is 1.06. The maximum Gasteiger partial charge on any atom is 0.298 e. The van der Waals surface area contributed by atoms with Gasteiger partial charge in [0, 0.05) is 0 Å². The van der Waals surface area contributed by atoms with Crippen molar-refractivity contribution < 1.29 is 28.9 Å². The molecule has 2 atom stereocenters. The topological polar surface area (TPSA) is 77.8 Å². The number of alkyl halides is 2. The van der Waals surface area contributed by atoms with Crippen LogP contribution in [-0.4, -0.2) is 46.3 Å². The third-order valence-corrected chi connectivity index (χ3v) is 1.06. The van der Waals surface area contributed by atoms with Gasteiger partial charge in [-0.2, -0.15) is 0 Å². The number of aliphatic hydroxyl groups is 3. The summed E-state index contributed by atoms with van der Waals surface area (Å²) in [5.41, 5.74) is 0. The van der Waals surface area contributed by atoms with E-state index < -0.39 is 31.0 Å². The Morgan fingerprint density at radius 2 is 1.82 bits per heavy atom. The standard InChI is InChI=1S/C5H8F2O4/c6-5(7)4(11)3(10)2(9)1-8/h2-3,5,8-10H,1H2/t2-,3+/m1/s1. The van der Waals surface area contributed by atoms with E-state index in [-0.39, 0.29) is 0 Å². The van der Waals surface area contributed by atoms with Crippen LogP contribution in [0.5, 0.6) is 0 Å². The van der Waals surface area contributed by atoms with Gasteiger partial charge in [0.15, 0.2) is 0 Å². The Kier molecular flexibility index (Phi) is 4.09. The van der Waals surface area contributed by atoms with E-state index in [1.165, 1.54) is 0 Å². The Labute approximate surface area is 61.1 Å². The number of aliphatic hydroxyl groups excluding tert-OH is 3. The molecule has 66 valence electrons. The van der Waals surface area contributed by atoms with Crippen molar-refractivity contribution in [2.24, 2.45) is 0 Å². The lowest BCUT2D eigenvalue weighted by atomic mass is 10.1. The van der Waals surface area contributed by atoms with Crippen molar-refractivity contribution >= 4 is 5.78 Å². The van der Waals surface area contributed by atoms with Crippen molar-refractivity contribution in [2.45, 2.75) is 18.6 Å². The molecule has 0 fully saturated rings. The fraction of sp³-hybridized carbons (Fsp3) is 0.800. The van der Waals surface area contributed by atoms with Crippen LogP contribution in [0.15, 0.2) is 0 Å². The molecule has 0 unspecified atom stereocenters. The van der Waals surface area contributed by atoms with Crippen molar-refractivity contribution in [1.29, 1.82) is 0 Å². The number of halogens is 2. The van der Waals surface area contributed by atoms with Crippen LogP contribution in [0, 0.1) is 0 Å². The van der Waals surface area contributed by atoms with Crippen LogP contribution in [0.4, 0.5) is 8.78 Å². The zero-order valence-corrected chi connectivity index (χ0v) is 5.44. The van der Waals surface area contributed by atoms with Crippen LogP contribution in [0.25, 0.3) is 0 Å². The van der Waals surface area contributed by atoms with Crippen LogP contribution in [0.2, 0.25) is 0 Å². The Morgan fingerprint density at radius 3 is 2.09 bits per heavy atom. The monoisotopic (exact) mass is 170 g/mol. The smallest absolute Gasteiger partial charge is 0.298 e. The first-order valence-corrected chi connectivity index (χ1v) is 2.79. The van der Waals surface area contributed by atoms with Gasteiger partial charge in [0.25, 0.3) is 6.43 Å². The lowest BCUT2D eigenvalue weighted by Crippen LogP contribution is -2.39. The maximum atomic E-state index is 11.5. The molecule has 6 heteroatoms. The van der Waals surface area contributed by atoms with Gasteiger partial charge in [-0.15, -0.1) is 0 Å². The van der Waals surface area contributed by atoms with Gasteiger partial charge in [0.2, 0.25) is 5.78 Å². The summed E-state index contributed by atoms with van der Waals surface area (Å²) in [6.07, 6.45) is -7.37. The molecule has 0 bridgehead atoms. The molecule has 0 aliphatic rings. The minimum Gasteiger partial charge on any atom is -0.394 e. The molecular weight excluding hydrogens is 162 g/mol. The summed E-state index contributed by atoms with van der Waals surface area (Å²) in [5, 5.41) is 25.1. The molecule has 0 amide bonds. The van der Waals surface area contributed by atoms with Crippen molar-refractivity contribution in [2.75, 3.05) is 6.61 Å². The van der Waals surface area contributed by atoms with Crippen LogP contribution in [-0.2, 0) is 4.79 Å². The van der Waals surface area contributed by atoms with E-state index in [4.69, 9.17) is 15.3 Å². The maximum absolute atomic E-state index is 11.5. The van der Waals surface area contributed by atoms with Crippen LogP contribution < -0.4 is 0 Å². The van der Waals surface area contributed by atoms with Gasteiger partial charge in [-0.1, -0.05) is 0 Å². The van der Waals surface area contributed by atoms with E-state index in [2.05, 4.69) is 0 Å². The number of hydrogen-bond acceptors (Lipinski definition) is 4. The van der Waals surface area contributed by atoms with Gasteiger partial charge >= 0.3 is 0 Å². The number of ketones is 1. The van der Waals surface area contributed by atoms with E-state index in [0.717, 1.165) is 0 Å². The highest BCUT2D eigenvalue weighted by Crippen LogP contribution is 2.02. The van der Waals surface area contributed by atoms with Crippen molar-refractivity contribution in [3.63, 3.8) is 0 Å². The van der Waals surface area contributed by atoms with Crippen molar-refractivity contribution in [1.82, 2.24) is 0 Å². The average molecular weight is 170 g/mol. The summed E-state index contributed by atoms with van der Waals surface area (Å²) in [7, 11) is 0. The number of carbonyl (C=O) groups is 1. The number of hydrogen-bond donors (Lipinski definition) is 3. The lowest BCUT2D eigenvalue weighted by Gasteiger charge is -2.12. The fourth-order valence-corrected chi connectivity index (χ4v) is 0.419. The van der Waals surface area contributed by atoms with Gasteiger partial charge in [0.1, 0.15) is 12.2 Å². The molecule has 0 aromatic carbocycles. The van der Waals surface area contributed by atoms with E-state index in [0.29, 0.717) is 0 Å². The van der Waals surface area contributed by atoms with Crippen LogP contribution >= 0.6 is 0 Å². The van der Waals surface area contributed by atoms with Gasteiger partial charge in [-0.05, 0) is 0 Å². The lowest BCUT2D eigenvalue weighted by molar-refractivity contribution is -0.145. The first-order valence-electron chi connectivity index (χ1n) is 2.79. The molecule has 0 spiro atoms. The molecule has 0 aromatic rings. The molecule has 0 aliphatic carbocycles. The van der Waals surface area contributed by atoms with Gasteiger partial charge in [-0.25, -0.2) is 8.78 Å². The highest BCUT2D eigenvalue weighted by atomic mass is 19.3. The minimum absolute atomic E-state index is 0.931. The largest absolute Gasteiger partial charge is 0.394 e. The highest BCUT2D eigenvalue weighted by molar-refractivity contribution is 5.86. The SMILES string of the molecule is O=C(C(F)F)[C@@H](O)[C@H](O)CO. The molecule has 0 aliphatic heterocycles. The van der Waals surface area contributed by atoms with E-state index >= 15 is 0 Å². The normalized spacial score (nSPS) is 16.5. The van der Waals surface area contributed by atoms with Crippen LogP contribution in [0.3, 0.4) is 0 Å².